The molecule has 2 aromatic carbocycles. The number of sulfonamides is 1. The van der Waals surface area contributed by atoms with E-state index in [0.29, 0.717) is 12.1 Å². The zero-order valence-corrected chi connectivity index (χ0v) is 14.0. The van der Waals surface area contributed by atoms with Gasteiger partial charge in [-0.05, 0) is 37.3 Å². The molecule has 0 aliphatic heterocycles. The first-order valence-corrected chi connectivity index (χ1v) is 8.79. The maximum Gasteiger partial charge on any atom is 0.419 e. The van der Waals surface area contributed by atoms with Crippen LogP contribution in [0.4, 0.5) is 10.1 Å². The summed E-state index contributed by atoms with van der Waals surface area (Å²) >= 11 is 6.08. The van der Waals surface area contributed by atoms with Crippen LogP contribution in [0.1, 0.15) is 6.92 Å². The lowest BCUT2D eigenvalue weighted by atomic mass is 10.3. The van der Waals surface area contributed by atoms with E-state index in [0.717, 1.165) is 12.1 Å². The van der Waals surface area contributed by atoms with Crippen LogP contribution >= 0.6 is 11.6 Å². The number of oxazole rings is 1. The molecule has 0 radical (unpaired) electrons. The highest BCUT2D eigenvalue weighted by atomic mass is 35.5. The van der Waals surface area contributed by atoms with Gasteiger partial charge in [-0.25, -0.2) is 17.6 Å². The smallest absolute Gasteiger partial charge is 0.408 e. The third-order valence-electron chi connectivity index (χ3n) is 3.42. The predicted molar refractivity (Wildman–Crippen MR) is 88.4 cm³/mol. The molecule has 0 fully saturated rings. The van der Waals surface area contributed by atoms with E-state index in [1.165, 1.54) is 28.8 Å². The monoisotopic (exact) mass is 370 g/mol. The number of nitrogens with one attached hydrogen (secondary N) is 1. The molecule has 1 aromatic heterocycles. The van der Waals surface area contributed by atoms with Crippen molar-refractivity contribution in [3.8, 4) is 0 Å². The van der Waals surface area contributed by atoms with Gasteiger partial charge in [0.25, 0.3) is 10.0 Å². The highest BCUT2D eigenvalue weighted by molar-refractivity contribution is 7.92. The Labute approximate surface area is 141 Å². The third-order valence-corrected chi connectivity index (χ3v) is 5.27. The standard InChI is InChI=1S/C15H12ClFN2O4S/c1-2-19-12-7-11(16)14(8-13(12)23-15(19)20)24(21,22)18-10-5-3-9(17)4-6-10/h3-8,18H,2H2,1H3. The fraction of sp³-hybridized carbons (Fsp3) is 0.133. The van der Waals surface area contributed by atoms with Crippen LogP contribution in [-0.4, -0.2) is 13.0 Å². The fourth-order valence-corrected chi connectivity index (χ4v) is 3.89. The maximum atomic E-state index is 12.9. The molecule has 9 heteroatoms. The molecule has 0 saturated heterocycles. The number of anilines is 1. The number of hydrogen-bond donors (Lipinski definition) is 1. The van der Waals surface area contributed by atoms with Crippen molar-refractivity contribution < 1.29 is 17.2 Å². The van der Waals surface area contributed by atoms with Crippen molar-refractivity contribution in [2.45, 2.75) is 18.4 Å². The van der Waals surface area contributed by atoms with Gasteiger partial charge >= 0.3 is 5.76 Å². The van der Waals surface area contributed by atoms with Gasteiger partial charge < -0.3 is 4.42 Å². The molecule has 0 bridgehead atoms. The second kappa shape index (κ2) is 5.95. The quantitative estimate of drug-likeness (QED) is 0.764. The third kappa shape index (κ3) is 2.90. The van der Waals surface area contributed by atoms with Gasteiger partial charge in [-0.15, -0.1) is 0 Å². The van der Waals surface area contributed by atoms with Crippen molar-refractivity contribution in [2.75, 3.05) is 4.72 Å². The van der Waals surface area contributed by atoms with Crippen LogP contribution in [0, 0.1) is 5.82 Å². The Bertz CT molecular complexity index is 1070. The van der Waals surface area contributed by atoms with Crippen LogP contribution in [-0.2, 0) is 16.6 Å². The number of aryl methyl sites for hydroxylation is 1. The number of benzene rings is 2. The molecule has 0 aliphatic carbocycles. The summed E-state index contributed by atoms with van der Waals surface area (Å²) in [7, 11) is -4.03. The molecule has 0 unspecified atom stereocenters. The van der Waals surface area contributed by atoms with E-state index in [4.69, 9.17) is 16.0 Å². The molecule has 0 amide bonds. The summed E-state index contributed by atoms with van der Waals surface area (Å²) in [6, 6.07) is 7.38. The van der Waals surface area contributed by atoms with Crippen LogP contribution in [0.3, 0.4) is 0 Å². The number of aromatic nitrogens is 1. The number of rotatable bonds is 4. The average Bonchev–Trinajstić information content (AvgIpc) is 2.82. The first kappa shape index (κ1) is 16.5. The van der Waals surface area contributed by atoms with Crippen molar-refractivity contribution >= 4 is 38.4 Å². The van der Waals surface area contributed by atoms with Gasteiger partial charge in [-0.3, -0.25) is 9.29 Å². The summed E-state index contributed by atoms with van der Waals surface area (Å²) in [5.41, 5.74) is 0.708. The SMILES string of the molecule is CCn1c(=O)oc2cc(S(=O)(=O)Nc3ccc(F)cc3)c(Cl)cc21. The Morgan fingerprint density at radius 1 is 1.25 bits per heavy atom. The molecule has 3 aromatic rings. The second-order valence-corrected chi connectivity index (χ2v) is 7.03. The van der Waals surface area contributed by atoms with Gasteiger partial charge in [-0.1, -0.05) is 11.6 Å². The molecule has 0 spiro atoms. The minimum absolute atomic E-state index is 0.0555. The van der Waals surface area contributed by atoms with E-state index in [1.807, 2.05) is 0 Å². The minimum atomic E-state index is -4.03. The van der Waals surface area contributed by atoms with Gasteiger partial charge in [0, 0.05) is 18.3 Å². The van der Waals surface area contributed by atoms with Gasteiger partial charge in [0.15, 0.2) is 5.58 Å². The first-order valence-electron chi connectivity index (χ1n) is 6.93. The minimum Gasteiger partial charge on any atom is -0.408 e. The normalized spacial score (nSPS) is 11.8. The van der Waals surface area contributed by atoms with Crippen LogP contribution in [0.15, 0.2) is 50.5 Å². The molecule has 24 heavy (non-hydrogen) atoms. The summed E-state index contributed by atoms with van der Waals surface area (Å²) in [6.45, 7) is 2.12. The Kier molecular flexibility index (Phi) is 4.10. The molecular weight excluding hydrogens is 359 g/mol. The highest BCUT2D eigenvalue weighted by Crippen LogP contribution is 2.28. The Morgan fingerprint density at radius 2 is 1.92 bits per heavy atom. The number of fused-ring (bicyclic) bond motifs is 1. The van der Waals surface area contributed by atoms with Crippen molar-refractivity contribution in [3.05, 3.63) is 57.8 Å². The summed E-state index contributed by atoms with van der Waals surface area (Å²) in [5, 5.41) is -0.0555. The lowest BCUT2D eigenvalue weighted by Gasteiger charge is -2.09. The summed E-state index contributed by atoms with van der Waals surface area (Å²) < 4.78 is 46.6. The van der Waals surface area contributed by atoms with Gasteiger partial charge in [0.05, 0.1) is 10.5 Å². The van der Waals surface area contributed by atoms with E-state index in [1.54, 1.807) is 6.92 Å². The van der Waals surface area contributed by atoms with Crippen molar-refractivity contribution in [1.82, 2.24) is 4.57 Å². The summed E-state index contributed by atoms with van der Waals surface area (Å²) in [6.07, 6.45) is 0. The summed E-state index contributed by atoms with van der Waals surface area (Å²) in [4.78, 5) is 11.5. The zero-order chi connectivity index (χ0) is 17.5. The van der Waals surface area contributed by atoms with Crippen molar-refractivity contribution in [2.24, 2.45) is 0 Å². The Hall–Kier alpha value is -2.32. The van der Waals surface area contributed by atoms with Gasteiger partial charge in [0.2, 0.25) is 0 Å². The zero-order valence-electron chi connectivity index (χ0n) is 12.4. The van der Waals surface area contributed by atoms with Gasteiger partial charge in [0.1, 0.15) is 10.7 Å². The van der Waals surface area contributed by atoms with Crippen LogP contribution in [0.5, 0.6) is 0 Å². The topological polar surface area (TPSA) is 81.3 Å². The van der Waals surface area contributed by atoms with Crippen LogP contribution in [0.2, 0.25) is 5.02 Å². The largest absolute Gasteiger partial charge is 0.419 e. The van der Waals surface area contributed by atoms with Crippen LogP contribution in [0.25, 0.3) is 11.1 Å². The molecular formula is C15H12ClFN2O4S. The van der Waals surface area contributed by atoms with Crippen molar-refractivity contribution in [1.29, 1.82) is 0 Å². The van der Waals surface area contributed by atoms with E-state index >= 15 is 0 Å². The first-order chi connectivity index (χ1) is 11.3. The Morgan fingerprint density at radius 3 is 2.54 bits per heavy atom. The molecule has 0 atom stereocenters. The molecule has 126 valence electrons. The number of hydrogen-bond acceptors (Lipinski definition) is 4. The maximum absolute atomic E-state index is 12.9. The second-order valence-electron chi connectivity index (χ2n) is 4.97. The molecule has 6 nitrogen and oxygen atoms in total. The van der Waals surface area contributed by atoms with Gasteiger partial charge in [-0.2, -0.15) is 0 Å². The lowest BCUT2D eigenvalue weighted by molar-refractivity contribution is 0.512. The van der Waals surface area contributed by atoms with E-state index < -0.39 is 21.6 Å². The van der Waals surface area contributed by atoms with E-state index in [9.17, 15) is 17.6 Å². The molecule has 3 rings (SSSR count). The fourth-order valence-electron chi connectivity index (χ4n) is 2.30. The average molecular weight is 371 g/mol. The van der Waals surface area contributed by atoms with E-state index in [-0.39, 0.29) is 21.2 Å². The van der Waals surface area contributed by atoms with Crippen molar-refractivity contribution in [3.63, 3.8) is 0 Å². The number of halogens is 2. The molecule has 0 aliphatic rings. The Balaban J connectivity index is 2.09. The highest BCUT2D eigenvalue weighted by Gasteiger charge is 2.21. The predicted octanol–water partition coefficient (Wildman–Crippen LogP) is 3.21. The van der Waals surface area contributed by atoms with Crippen LogP contribution < -0.4 is 10.5 Å². The molecule has 1 heterocycles. The lowest BCUT2D eigenvalue weighted by Crippen LogP contribution is -2.14. The number of nitrogens with zero attached hydrogens (tertiary/aromatic N) is 1. The molecule has 1 N–H and O–H groups in total. The van der Waals surface area contributed by atoms with E-state index in [2.05, 4.69) is 4.72 Å². The molecule has 0 saturated carbocycles. The summed E-state index contributed by atoms with van der Waals surface area (Å²) in [5.74, 6) is -1.08.